The zero-order chi connectivity index (χ0) is 18.8. The Balaban J connectivity index is 1.66. The zero-order valence-electron chi connectivity index (χ0n) is 15.9. The topological polar surface area (TPSA) is 44.5 Å². The van der Waals surface area contributed by atoms with Crippen LogP contribution in [0.3, 0.4) is 0 Å². The minimum absolute atomic E-state index is 0.0798. The highest BCUT2D eigenvalue weighted by atomic mass is 79.9. The SMILES string of the molecule is COc1cc(OC2c3ccccc3CCC2C2CCCC(N)C2)ccc1Br. The van der Waals surface area contributed by atoms with Crippen molar-refractivity contribution in [1.82, 2.24) is 0 Å². The van der Waals surface area contributed by atoms with Gasteiger partial charge in [-0.3, -0.25) is 0 Å². The van der Waals surface area contributed by atoms with Gasteiger partial charge in [0, 0.05) is 18.0 Å². The van der Waals surface area contributed by atoms with Gasteiger partial charge in [-0.25, -0.2) is 0 Å². The maximum Gasteiger partial charge on any atom is 0.136 e. The van der Waals surface area contributed by atoms with Crippen LogP contribution in [0.4, 0.5) is 0 Å². The monoisotopic (exact) mass is 429 g/mol. The first-order valence-electron chi connectivity index (χ1n) is 9.99. The Bertz CT molecular complexity index is 794. The molecule has 3 nitrogen and oxygen atoms in total. The zero-order valence-corrected chi connectivity index (χ0v) is 17.5. The first-order chi connectivity index (χ1) is 13.2. The van der Waals surface area contributed by atoms with Gasteiger partial charge in [-0.15, -0.1) is 0 Å². The highest BCUT2D eigenvalue weighted by molar-refractivity contribution is 9.10. The number of halogens is 1. The highest BCUT2D eigenvalue weighted by Crippen LogP contribution is 2.46. The number of hydrogen-bond acceptors (Lipinski definition) is 3. The van der Waals surface area contributed by atoms with E-state index in [9.17, 15) is 0 Å². The average molecular weight is 430 g/mol. The molecule has 0 radical (unpaired) electrons. The number of benzene rings is 2. The lowest BCUT2D eigenvalue weighted by molar-refractivity contribution is 0.0601. The predicted octanol–water partition coefficient (Wildman–Crippen LogP) is 5.66. The van der Waals surface area contributed by atoms with Crippen molar-refractivity contribution in [2.75, 3.05) is 7.11 Å². The van der Waals surface area contributed by atoms with Crippen molar-refractivity contribution >= 4 is 15.9 Å². The van der Waals surface area contributed by atoms with Crippen LogP contribution in [-0.4, -0.2) is 13.2 Å². The van der Waals surface area contributed by atoms with Crippen molar-refractivity contribution in [2.45, 2.75) is 50.7 Å². The van der Waals surface area contributed by atoms with E-state index < -0.39 is 0 Å². The molecule has 2 N–H and O–H groups in total. The third-order valence-electron chi connectivity index (χ3n) is 6.24. The Morgan fingerprint density at radius 1 is 1.07 bits per heavy atom. The average Bonchev–Trinajstić information content (AvgIpc) is 2.69. The number of ether oxygens (including phenoxy) is 2. The molecule has 4 atom stereocenters. The quantitative estimate of drug-likeness (QED) is 0.681. The predicted molar refractivity (Wildman–Crippen MR) is 112 cm³/mol. The molecule has 2 aromatic carbocycles. The van der Waals surface area contributed by atoms with Gasteiger partial charge in [0.05, 0.1) is 11.6 Å². The van der Waals surface area contributed by atoms with Crippen molar-refractivity contribution in [3.63, 3.8) is 0 Å². The molecular weight excluding hydrogens is 402 g/mol. The standard InChI is InChI=1S/C23H28BrNO2/c1-26-22-14-18(10-12-21(22)24)27-23-19-8-3-2-5-15(19)9-11-20(23)16-6-4-7-17(25)13-16/h2-3,5,8,10,12,14,16-17,20,23H,4,6-7,9,11,13,25H2,1H3. The lowest BCUT2D eigenvalue weighted by Crippen LogP contribution is -2.37. The number of nitrogens with two attached hydrogens (primary N) is 1. The summed E-state index contributed by atoms with van der Waals surface area (Å²) in [5, 5.41) is 0. The van der Waals surface area contributed by atoms with Gasteiger partial charge in [-0.2, -0.15) is 0 Å². The van der Waals surface area contributed by atoms with E-state index in [-0.39, 0.29) is 6.10 Å². The number of hydrogen-bond donors (Lipinski definition) is 1. The summed E-state index contributed by atoms with van der Waals surface area (Å²) < 4.78 is 13.0. The minimum Gasteiger partial charge on any atom is -0.495 e. The maximum absolute atomic E-state index is 6.64. The van der Waals surface area contributed by atoms with E-state index in [1.54, 1.807) is 7.11 Å². The molecule has 4 heteroatoms. The van der Waals surface area contributed by atoms with E-state index in [1.165, 1.54) is 30.4 Å². The Labute approximate surface area is 170 Å². The van der Waals surface area contributed by atoms with Gasteiger partial charge in [0.1, 0.15) is 17.6 Å². The molecule has 1 saturated carbocycles. The van der Waals surface area contributed by atoms with Gasteiger partial charge in [-0.1, -0.05) is 30.7 Å². The van der Waals surface area contributed by atoms with Crippen LogP contribution in [0.15, 0.2) is 46.9 Å². The number of aryl methyl sites for hydroxylation is 1. The van der Waals surface area contributed by atoms with E-state index >= 15 is 0 Å². The molecule has 0 bridgehead atoms. The summed E-state index contributed by atoms with van der Waals surface area (Å²) >= 11 is 3.53. The molecule has 2 aliphatic rings. The number of rotatable bonds is 4. The van der Waals surface area contributed by atoms with Gasteiger partial charge in [0.2, 0.25) is 0 Å². The van der Waals surface area contributed by atoms with Crippen molar-refractivity contribution < 1.29 is 9.47 Å². The third kappa shape index (κ3) is 4.02. The summed E-state index contributed by atoms with van der Waals surface area (Å²) in [4.78, 5) is 0. The molecule has 0 heterocycles. The molecule has 0 aromatic heterocycles. The first-order valence-corrected chi connectivity index (χ1v) is 10.8. The molecule has 144 valence electrons. The van der Waals surface area contributed by atoms with Crippen molar-refractivity contribution in [1.29, 1.82) is 0 Å². The van der Waals surface area contributed by atoms with E-state index in [4.69, 9.17) is 15.2 Å². The van der Waals surface area contributed by atoms with Crippen LogP contribution in [0.1, 0.15) is 49.3 Å². The number of methoxy groups -OCH3 is 1. The summed E-state index contributed by atoms with van der Waals surface area (Å²) in [6, 6.07) is 15.1. The number of fused-ring (bicyclic) bond motifs is 1. The molecule has 2 aromatic rings. The van der Waals surface area contributed by atoms with Gasteiger partial charge in [-0.05, 0) is 77.2 Å². The highest BCUT2D eigenvalue weighted by Gasteiger charge is 2.38. The Morgan fingerprint density at radius 3 is 2.74 bits per heavy atom. The molecule has 27 heavy (non-hydrogen) atoms. The normalized spacial score (nSPS) is 27.7. The van der Waals surface area contributed by atoms with Crippen LogP contribution in [0.5, 0.6) is 11.5 Å². The second-order valence-corrected chi connectivity index (χ2v) is 8.78. The van der Waals surface area contributed by atoms with Crippen LogP contribution in [0, 0.1) is 11.8 Å². The van der Waals surface area contributed by atoms with Crippen LogP contribution >= 0.6 is 15.9 Å². The summed E-state index contributed by atoms with van der Waals surface area (Å²) in [7, 11) is 1.69. The van der Waals surface area contributed by atoms with Crippen LogP contribution in [0.2, 0.25) is 0 Å². The van der Waals surface area contributed by atoms with Crippen LogP contribution < -0.4 is 15.2 Å². The molecule has 4 unspecified atom stereocenters. The van der Waals surface area contributed by atoms with Gasteiger partial charge in [0.25, 0.3) is 0 Å². The smallest absolute Gasteiger partial charge is 0.136 e. The Morgan fingerprint density at radius 2 is 1.93 bits per heavy atom. The van der Waals surface area contributed by atoms with Gasteiger partial charge in [0.15, 0.2) is 0 Å². The van der Waals surface area contributed by atoms with E-state index in [0.717, 1.165) is 35.2 Å². The summed E-state index contributed by atoms with van der Waals surface area (Å²) in [6.45, 7) is 0. The minimum atomic E-state index is 0.0798. The molecule has 0 spiro atoms. The van der Waals surface area contributed by atoms with Crippen LogP contribution in [0.25, 0.3) is 0 Å². The van der Waals surface area contributed by atoms with Crippen molar-refractivity contribution in [3.8, 4) is 11.5 Å². The third-order valence-corrected chi connectivity index (χ3v) is 6.90. The molecule has 1 fully saturated rings. The fourth-order valence-corrected chi connectivity index (χ4v) is 5.30. The second kappa shape index (κ2) is 8.24. The van der Waals surface area contributed by atoms with Crippen LogP contribution in [-0.2, 0) is 6.42 Å². The summed E-state index contributed by atoms with van der Waals surface area (Å²) in [5.41, 5.74) is 9.08. The van der Waals surface area contributed by atoms with E-state index in [2.05, 4.69) is 40.2 Å². The Kier molecular flexibility index (Phi) is 5.74. The molecular formula is C23H28BrNO2. The molecule has 0 amide bonds. The first kappa shape index (κ1) is 18.8. The largest absolute Gasteiger partial charge is 0.495 e. The summed E-state index contributed by atoms with van der Waals surface area (Å²) in [6.07, 6.45) is 7.18. The summed E-state index contributed by atoms with van der Waals surface area (Å²) in [5.74, 6) is 2.82. The van der Waals surface area contributed by atoms with Gasteiger partial charge < -0.3 is 15.2 Å². The molecule has 2 aliphatic carbocycles. The lowest BCUT2D eigenvalue weighted by Gasteiger charge is -2.41. The maximum atomic E-state index is 6.64. The van der Waals surface area contributed by atoms with E-state index in [0.29, 0.717) is 17.9 Å². The molecule has 0 aliphatic heterocycles. The second-order valence-electron chi connectivity index (χ2n) is 7.92. The molecule has 0 saturated heterocycles. The lowest BCUT2D eigenvalue weighted by atomic mass is 9.69. The fraction of sp³-hybridized carbons (Fsp3) is 0.478. The van der Waals surface area contributed by atoms with E-state index in [1.807, 2.05) is 18.2 Å². The Hall–Kier alpha value is -1.52. The van der Waals surface area contributed by atoms with Gasteiger partial charge >= 0.3 is 0 Å². The molecule has 4 rings (SSSR count). The fourth-order valence-electron chi connectivity index (χ4n) is 4.89. The van der Waals surface area contributed by atoms with Crippen molar-refractivity contribution in [3.05, 3.63) is 58.1 Å². The van der Waals surface area contributed by atoms with Crippen molar-refractivity contribution in [2.24, 2.45) is 17.6 Å².